The van der Waals surface area contributed by atoms with Gasteiger partial charge >= 0.3 is 0 Å². The molecule has 0 aromatic heterocycles. The second-order valence-corrected chi connectivity index (χ2v) is 3.52. The molecular weight excluding hydrogens is 164 g/mol. The van der Waals surface area contributed by atoms with Gasteiger partial charge in [-0.25, -0.2) is 0 Å². The third-order valence-electron chi connectivity index (χ3n) is 2.69. The van der Waals surface area contributed by atoms with Gasteiger partial charge in [0.1, 0.15) is 0 Å². The molecule has 1 aliphatic rings. The molecule has 1 aliphatic heterocycles. The first-order valence-corrected chi connectivity index (χ1v) is 5.28. The first kappa shape index (κ1) is 10.5. The van der Waals surface area contributed by atoms with Crippen molar-refractivity contribution in [3.63, 3.8) is 0 Å². The Bertz CT molecular complexity index is 170. The molecule has 0 N–H and O–H groups in total. The number of carbonyl (C=O) groups excluding carboxylic acids is 1. The molecule has 1 rings (SSSR count). The van der Waals surface area contributed by atoms with E-state index in [1.54, 1.807) is 0 Å². The van der Waals surface area contributed by atoms with Gasteiger partial charge in [0.2, 0.25) is 5.91 Å². The van der Waals surface area contributed by atoms with Gasteiger partial charge < -0.3 is 9.80 Å². The summed E-state index contributed by atoms with van der Waals surface area (Å²) in [5.74, 6) is 0.304. The molecule has 0 bridgehead atoms. The van der Waals surface area contributed by atoms with Crippen molar-refractivity contribution < 1.29 is 4.79 Å². The highest BCUT2D eigenvalue weighted by Crippen LogP contribution is 2.03. The first-order chi connectivity index (χ1) is 6.27. The van der Waals surface area contributed by atoms with Crippen LogP contribution in [0.25, 0.3) is 0 Å². The van der Waals surface area contributed by atoms with E-state index in [0.29, 0.717) is 12.3 Å². The van der Waals surface area contributed by atoms with Crippen LogP contribution in [0, 0.1) is 0 Å². The lowest BCUT2D eigenvalue weighted by molar-refractivity contribution is -0.130. The smallest absolute Gasteiger partial charge is 0.222 e. The lowest BCUT2D eigenvalue weighted by Gasteiger charge is -2.20. The van der Waals surface area contributed by atoms with Crippen molar-refractivity contribution in [1.82, 2.24) is 9.80 Å². The summed E-state index contributed by atoms with van der Waals surface area (Å²) in [5, 5.41) is 0. The van der Waals surface area contributed by atoms with Gasteiger partial charge in [0, 0.05) is 26.1 Å². The largest absolute Gasteiger partial charge is 0.341 e. The average Bonchev–Trinajstić information content (AvgIpc) is 2.41. The molecule has 1 fully saturated rings. The van der Waals surface area contributed by atoms with Gasteiger partial charge in [0.25, 0.3) is 0 Å². The molecule has 0 aliphatic carbocycles. The van der Waals surface area contributed by atoms with E-state index in [2.05, 4.69) is 11.8 Å². The molecule has 0 spiro atoms. The van der Waals surface area contributed by atoms with Gasteiger partial charge in [-0.1, -0.05) is 13.8 Å². The maximum atomic E-state index is 11.4. The van der Waals surface area contributed by atoms with E-state index in [1.807, 2.05) is 11.8 Å². The van der Waals surface area contributed by atoms with Crippen LogP contribution in [0.2, 0.25) is 0 Å². The summed E-state index contributed by atoms with van der Waals surface area (Å²) in [7, 11) is 0. The van der Waals surface area contributed by atoms with Crippen LogP contribution >= 0.6 is 0 Å². The summed E-state index contributed by atoms with van der Waals surface area (Å²) in [6.45, 7) is 9.27. The Morgan fingerprint density at radius 2 is 1.92 bits per heavy atom. The topological polar surface area (TPSA) is 23.6 Å². The van der Waals surface area contributed by atoms with Crippen molar-refractivity contribution in [3.05, 3.63) is 0 Å². The third-order valence-corrected chi connectivity index (χ3v) is 2.69. The number of carbonyl (C=O) groups is 1. The van der Waals surface area contributed by atoms with Gasteiger partial charge in [-0.15, -0.1) is 0 Å². The van der Waals surface area contributed by atoms with E-state index in [4.69, 9.17) is 0 Å². The zero-order valence-corrected chi connectivity index (χ0v) is 8.75. The van der Waals surface area contributed by atoms with Crippen molar-refractivity contribution in [1.29, 1.82) is 0 Å². The van der Waals surface area contributed by atoms with Crippen molar-refractivity contribution in [2.75, 3.05) is 32.7 Å². The highest BCUT2D eigenvalue weighted by molar-refractivity contribution is 5.75. The Kier molecular flexibility index (Phi) is 4.22. The number of hydrogen-bond acceptors (Lipinski definition) is 2. The Hall–Kier alpha value is -0.570. The van der Waals surface area contributed by atoms with Crippen LogP contribution in [0.1, 0.15) is 26.7 Å². The van der Waals surface area contributed by atoms with Crippen LogP contribution in [0.15, 0.2) is 0 Å². The fraction of sp³-hybridized carbons (Fsp3) is 0.900. The minimum absolute atomic E-state index is 0.304. The predicted molar refractivity (Wildman–Crippen MR) is 53.6 cm³/mol. The standard InChI is InChI=1S/C10H20N2O/c1-3-10(13)12-7-5-6-11(4-2)8-9-12/h3-9H2,1-2H3. The molecular formula is C10H20N2O. The highest BCUT2D eigenvalue weighted by Gasteiger charge is 2.16. The Labute approximate surface area is 80.7 Å². The van der Waals surface area contributed by atoms with Gasteiger partial charge in [0.05, 0.1) is 0 Å². The predicted octanol–water partition coefficient (Wildman–Crippen LogP) is 0.951. The summed E-state index contributed by atoms with van der Waals surface area (Å²) < 4.78 is 0. The van der Waals surface area contributed by atoms with Crippen molar-refractivity contribution in [2.24, 2.45) is 0 Å². The van der Waals surface area contributed by atoms with Gasteiger partial charge in [-0.2, -0.15) is 0 Å². The van der Waals surface area contributed by atoms with Crippen molar-refractivity contribution in [2.45, 2.75) is 26.7 Å². The maximum absolute atomic E-state index is 11.4. The molecule has 0 unspecified atom stereocenters. The Morgan fingerprint density at radius 1 is 1.15 bits per heavy atom. The molecule has 0 saturated carbocycles. The molecule has 76 valence electrons. The molecule has 0 radical (unpaired) electrons. The number of amides is 1. The van der Waals surface area contributed by atoms with E-state index in [0.717, 1.165) is 39.1 Å². The summed E-state index contributed by atoms with van der Waals surface area (Å²) in [6, 6.07) is 0. The molecule has 0 aromatic carbocycles. The second kappa shape index (κ2) is 5.22. The molecule has 13 heavy (non-hydrogen) atoms. The van der Waals surface area contributed by atoms with Gasteiger partial charge in [-0.05, 0) is 19.5 Å². The van der Waals surface area contributed by atoms with E-state index in [-0.39, 0.29) is 0 Å². The zero-order valence-electron chi connectivity index (χ0n) is 8.75. The summed E-state index contributed by atoms with van der Waals surface area (Å²) >= 11 is 0. The van der Waals surface area contributed by atoms with Crippen LogP contribution in [0.3, 0.4) is 0 Å². The molecule has 1 heterocycles. The lowest BCUT2D eigenvalue weighted by atomic mass is 10.3. The zero-order chi connectivity index (χ0) is 9.68. The van der Waals surface area contributed by atoms with Crippen molar-refractivity contribution in [3.8, 4) is 0 Å². The second-order valence-electron chi connectivity index (χ2n) is 3.52. The molecule has 0 aromatic rings. The summed E-state index contributed by atoms with van der Waals surface area (Å²) in [6.07, 6.45) is 1.77. The maximum Gasteiger partial charge on any atom is 0.222 e. The van der Waals surface area contributed by atoms with Crippen LogP contribution in [-0.2, 0) is 4.79 Å². The molecule has 1 amide bonds. The van der Waals surface area contributed by atoms with E-state index < -0.39 is 0 Å². The van der Waals surface area contributed by atoms with Crippen molar-refractivity contribution >= 4 is 5.91 Å². The summed E-state index contributed by atoms with van der Waals surface area (Å²) in [5.41, 5.74) is 0. The fourth-order valence-electron chi connectivity index (χ4n) is 1.76. The van der Waals surface area contributed by atoms with Gasteiger partial charge in [0.15, 0.2) is 0 Å². The van der Waals surface area contributed by atoms with E-state index >= 15 is 0 Å². The monoisotopic (exact) mass is 184 g/mol. The third kappa shape index (κ3) is 2.99. The lowest BCUT2D eigenvalue weighted by Crippen LogP contribution is -2.34. The van der Waals surface area contributed by atoms with E-state index in [9.17, 15) is 4.79 Å². The normalized spacial score (nSPS) is 20.0. The van der Waals surface area contributed by atoms with Crippen LogP contribution in [-0.4, -0.2) is 48.4 Å². The molecule has 1 saturated heterocycles. The van der Waals surface area contributed by atoms with Crippen LogP contribution in [0.5, 0.6) is 0 Å². The summed E-state index contributed by atoms with van der Waals surface area (Å²) in [4.78, 5) is 15.8. The number of hydrogen-bond donors (Lipinski definition) is 0. The quantitative estimate of drug-likeness (QED) is 0.638. The van der Waals surface area contributed by atoms with Crippen LogP contribution in [0.4, 0.5) is 0 Å². The fourth-order valence-corrected chi connectivity index (χ4v) is 1.76. The number of nitrogens with zero attached hydrogens (tertiary/aromatic N) is 2. The SMILES string of the molecule is CCC(=O)N1CCCN(CC)CC1. The minimum Gasteiger partial charge on any atom is -0.341 e. The van der Waals surface area contributed by atoms with Gasteiger partial charge in [-0.3, -0.25) is 4.79 Å². The van der Waals surface area contributed by atoms with Crippen LogP contribution < -0.4 is 0 Å². The first-order valence-electron chi connectivity index (χ1n) is 5.28. The minimum atomic E-state index is 0.304. The Balaban J connectivity index is 2.40. The molecule has 0 atom stereocenters. The highest BCUT2D eigenvalue weighted by atomic mass is 16.2. The number of likely N-dealkylation sites (N-methyl/N-ethyl adjacent to an activating group) is 1. The molecule has 3 nitrogen and oxygen atoms in total. The Morgan fingerprint density at radius 3 is 2.54 bits per heavy atom. The number of rotatable bonds is 2. The van der Waals surface area contributed by atoms with E-state index in [1.165, 1.54) is 0 Å². The average molecular weight is 184 g/mol. The molecule has 3 heteroatoms.